The first-order chi connectivity index (χ1) is 17.3. The number of carbonyl (C=O) groups excluding carboxylic acids is 1. The van der Waals surface area contributed by atoms with Crippen LogP contribution in [-0.4, -0.2) is 57.1 Å². The number of rotatable bonds is 5. The van der Waals surface area contributed by atoms with Crippen LogP contribution >= 0.6 is 0 Å². The smallest absolute Gasteiger partial charge is 0.332 e. The number of nitrogens with one attached hydrogen (secondary N) is 1. The zero-order valence-corrected chi connectivity index (χ0v) is 20.4. The summed E-state index contributed by atoms with van der Waals surface area (Å²) in [6.45, 7) is 4.73. The zero-order valence-electron chi connectivity index (χ0n) is 20.4. The Bertz CT molecular complexity index is 1570. The summed E-state index contributed by atoms with van der Waals surface area (Å²) in [5.74, 6) is 0.504. The average Bonchev–Trinajstić information content (AvgIpc) is 3.52. The summed E-state index contributed by atoms with van der Waals surface area (Å²) < 4.78 is 3.69. The molecule has 2 unspecified atom stereocenters. The summed E-state index contributed by atoms with van der Waals surface area (Å²) in [7, 11) is 2.91. The SMILES string of the molecule is CC1CCCN1c1ncc(-c2cncc(NC(=O)C(C)n3cnc4c3c(=O)n(C)c(=O)n4C)n2)cn1. The van der Waals surface area contributed by atoms with E-state index in [9.17, 15) is 14.4 Å². The molecule has 5 rings (SSSR count). The number of aryl methyl sites for hydroxylation is 1. The number of aromatic nitrogens is 8. The zero-order chi connectivity index (χ0) is 25.6. The van der Waals surface area contributed by atoms with E-state index in [1.165, 1.54) is 35.8 Å². The van der Waals surface area contributed by atoms with E-state index in [-0.39, 0.29) is 17.0 Å². The lowest BCUT2D eigenvalue weighted by Gasteiger charge is -2.20. The van der Waals surface area contributed by atoms with Crippen LogP contribution in [0.15, 0.2) is 40.7 Å². The Kier molecular flexibility index (Phi) is 5.82. The van der Waals surface area contributed by atoms with Gasteiger partial charge in [-0.25, -0.2) is 24.7 Å². The summed E-state index contributed by atoms with van der Waals surface area (Å²) >= 11 is 0. The fraction of sp³-hybridized carbons (Fsp3) is 0.391. The van der Waals surface area contributed by atoms with Gasteiger partial charge in [-0.2, -0.15) is 0 Å². The Morgan fingerprint density at radius 1 is 1.08 bits per heavy atom. The van der Waals surface area contributed by atoms with Crippen molar-refractivity contribution in [1.29, 1.82) is 0 Å². The summed E-state index contributed by atoms with van der Waals surface area (Å²) in [6, 6.07) is -0.399. The van der Waals surface area contributed by atoms with E-state index < -0.39 is 23.2 Å². The highest BCUT2D eigenvalue weighted by Gasteiger charge is 2.24. The second kappa shape index (κ2) is 8.98. The van der Waals surface area contributed by atoms with Crippen LogP contribution in [0.4, 0.5) is 11.8 Å². The van der Waals surface area contributed by atoms with Gasteiger partial charge in [-0.05, 0) is 26.7 Å². The van der Waals surface area contributed by atoms with Crippen molar-refractivity contribution in [3.05, 3.63) is 52.0 Å². The fourth-order valence-electron chi connectivity index (χ4n) is 4.41. The number of carbonyl (C=O) groups is 1. The molecule has 1 aliphatic heterocycles. The number of hydrogen-bond acceptors (Lipinski definition) is 9. The maximum atomic E-state index is 13.0. The number of imidazole rings is 1. The molecule has 0 radical (unpaired) electrons. The lowest BCUT2D eigenvalue weighted by atomic mass is 10.2. The van der Waals surface area contributed by atoms with E-state index in [1.54, 1.807) is 25.5 Å². The third-order valence-corrected chi connectivity index (χ3v) is 6.60. The minimum Gasteiger partial charge on any atom is -0.338 e. The van der Waals surface area contributed by atoms with Gasteiger partial charge in [0.15, 0.2) is 17.0 Å². The van der Waals surface area contributed by atoms with Gasteiger partial charge >= 0.3 is 5.69 Å². The highest BCUT2D eigenvalue weighted by molar-refractivity contribution is 5.93. The summed E-state index contributed by atoms with van der Waals surface area (Å²) in [4.78, 5) is 61.9. The Labute approximate surface area is 205 Å². The minimum atomic E-state index is -0.810. The van der Waals surface area contributed by atoms with Crippen molar-refractivity contribution in [2.24, 2.45) is 14.1 Å². The molecule has 36 heavy (non-hydrogen) atoms. The van der Waals surface area contributed by atoms with Crippen LogP contribution < -0.4 is 21.5 Å². The molecule has 186 valence electrons. The molecule has 1 fully saturated rings. The molecule has 5 heterocycles. The van der Waals surface area contributed by atoms with E-state index in [0.717, 1.165) is 24.0 Å². The van der Waals surface area contributed by atoms with Gasteiger partial charge in [0.2, 0.25) is 11.9 Å². The molecule has 4 aromatic heterocycles. The molecule has 1 amide bonds. The molecule has 1 N–H and O–H groups in total. The van der Waals surface area contributed by atoms with Crippen LogP contribution in [0.1, 0.15) is 32.7 Å². The van der Waals surface area contributed by atoms with Crippen LogP contribution in [0.5, 0.6) is 0 Å². The molecule has 13 nitrogen and oxygen atoms in total. The van der Waals surface area contributed by atoms with Crippen LogP contribution in [-0.2, 0) is 18.9 Å². The quantitative estimate of drug-likeness (QED) is 0.430. The molecule has 1 saturated heterocycles. The fourth-order valence-corrected chi connectivity index (χ4v) is 4.41. The van der Waals surface area contributed by atoms with Crippen LogP contribution in [0.3, 0.4) is 0 Å². The first-order valence-corrected chi connectivity index (χ1v) is 11.6. The van der Waals surface area contributed by atoms with Crippen molar-refractivity contribution in [2.75, 3.05) is 16.8 Å². The summed E-state index contributed by atoms with van der Waals surface area (Å²) in [6.07, 6.45) is 10.0. The van der Waals surface area contributed by atoms with E-state index in [2.05, 4.69) is 42.1 Å². The van der Waals surface area contributed by atoms with Crippen LogP contribution in [0.25, 0.3) is 22.4 Å². The third kappa shape index (κ3) is 3.91. The van der Waals surface area contributed by atoms with Gasteiger partial charge < -0.3 is 14.8 Å². The predicted molar refractivity (Wildman–Crippen MR) is 133 cm³/mol. The lowest BCUT2D eigenvalue weighted by molar-refractivity contribution is -0.118. The molecular weight excluding hydrogens is 464 g/mol. The van der Waals surface area contributed by atoms with Gasteiger partial charge in [-0.15, -0.1) is 0 Å². The molecule has 0 saturated carbocycles. The topological polar surface area (TPSA) is 146 Å². The monoisotopic (exact) mass is 490 g/mol. The van der Waals surface area contributed by atoms with Gasteiger partial charge in [-0.3, -0.25) is 23.7 Å². The maximum Gasteiger partial charge on any atom is 0.332 e. The van der Waals surface area contributed by atoms with Crippen molar-refractivity contribution in [3.8, 4) is 11.3 Å². The van der Waals surface area contributed by atoms with Crippen molar-refractivity contribution >= 4 is 28.8 Å². The van der Waals surface area contributed by atoms with Crippen LogP contribution in [0, 0.1) is 0 Å². The number of fused-ring (bicyclic) bond motifs is 1. The van der Waals surface area contributed by atoms with Crippen LogP contribution in [0.2, 0.25) is 0 Å². The van der Waals surface area contributed by atoms with Gasteiger partial charge in [0.05, 0.1) is 24.4 Å². The Morgan fingerprint density at radius 3 is 2.53 bits per heavy atom. The molecule has 2 atom stereocenters. The van der Waals surface area contributed by atoms with Gasteiger partial charge in [0.1, 0.15) is 6.04 Å². The predicted octanol–water partition coefficient (Wildman–Crippen LogP) is 0.869. The number of nitrogens with zero attached hydrogens (tertiary/aromatic N) is 9. The third-order valence-electron chi connectivity index (χ3n) is 6.60. The first-order valence-electron chi connectivity index (χ1n) is 11.6. The van der Waals surface area contributed by atoms with Gasteiger partial charge in [0.25, 0.3) is 5.56 Å². The first kappa shape index (κ1) is 23.3. The molecule has 0 bridgehead atoms. The normalized spacial score (nSPS) is 16.4. The molecule has 4 aromatic rings. The Balaban J connectivity index is 1.37. The summed E-state index contributed by atoms with van der Waals surface area (Å²) in [5, 5.41) is 2.74. The Hall–Kier alpha value is -4.42. The van der Waals surface area contributed by atoms with Gasteiger partial charge in [-0.1, -0.05) is 0 Å². The molecule has 0 aliphatic carbocycles. The Morgan fingerprint density at radius 2 is 1.83 bits per heavy atom. The standard InChI is InChI=1S/C23H26N10O3/c1-13-6-5-7-32(13)22-25-8-15(9-26-22)16-10-24-11-17(28-16)29-20(34)14(2)33-12-27-19-18(33)21(35)31(4)23(36)30(19)3/h8-14H,5-7H2,1-4H3,(H,28,29,34). The molecule has 1 aliphatic rings. The highest BCUT2D eigenvalue weighted by Crippen LogP contribution is 2.24. The lowest BCUT2D eigenvalue weighted by Crippen LogP contribution is -2.38. The van der Waals surface area contributed by atoms with E-state index >= 15 is 0 Å². The van der Waals surface area contributed by atoms with Crippen molar-refractivity contribution in [3.63, 3.8) is 0 Å². The van der Waals surface area contributed by atoms with Crippen molar-refractivity contribution < 1.29 is 4.79 Å². The number of amides is 1. The second-order valence-corrected chi connectivity index (χ2v) is 8.94. The highest BCUT2D eigenvalue weighted by atomic mass is 16.2. The minimum absolute atomic E-state index is 0.159. The average molecular weight is 491 g/mol. The van der Waals surface area contributed by atoms with E-state index in [1.807, 2.05) is 0 Å². The number of hydrogen-bond donors (Lipinski definition) is 1. The second-order valence-electron chi connectivity index (χ2n) is 8.94. The van der Waals surface area contributed by atoms with E-state index in [0.29, 0.717) is 23.2 Å². The maximum absolute atomic E-state index is 13.0. The van der Waals surface area contributed by atoms with Gasteiger partial charge in [0, 0.05) is 44.6 Å². The molecular formula is C23H26N10O3. The molecule has 13 heteroatoms. The molecule has 0 aromatic carbocycles. The number of anilines is 2. The van der Waals surface area contributed by atoms with Crippen molar-refractivity contribution in [1.82, 2.24) is 38.6 Å². The van der Waals surface area contributed by atoms with E-state index in [4.69, 9.17) is 0 Å². The summed E-state index contributed by atoms with van der Waals surface area (Å²) in [5.41, 5.74) is 0.529. The van der Waals surface area contributed by atoms with Crippen molar-refractivity contribution in [2.45, 2.75) is 38.8 Å². The largest absolute Gasteiger partial charge is 0.338 e. The molecule has 0 spiro atoms.